The summed E-state index contributed by atoms with van der Waals surface area (Å²) in [6.45, 7) is 7.01. The summed E-state index contributed by atoms with van der Waals surface area (Å²) in [5, 5.41) is 1.52. The summed E-state index contributed by atoms with van der Waals surface area (Å²) in [5.41, 5.74) is 1.60. The Morgan fingerprint density at radius 3 is 2.81 bits per heavy atom. The van der Waals surface area contributed by atoms with Crippen LogP contribution < -0.4 is 4.74 Å². The zero-order valence-corrected chi connectivity index (χ0v) is 15.0. The van der Waals surface area contributed by atoms with E-state index in [1.807, 2.05) is 13.0 Å². The predicted molar refractivity (Wildman–Crippen MR) is 89.2 cm³/mol. The number of hydroxylamine groups is 2. The lowest BCUT2D eigenvalue weighted by molar-refractivity contribution is -0.0363. The normalized spacial score (nSPS) is 11.4. The largest absolute Gasteiger partial charge is 0.477 e. The topological polar surface area (TPSA) is 47.0 Å². The van der Waals surface area contributed by atoms with Crippen molar-refractivity contribution >= 4 is 28.0 Å². The minimum absolute atomic E-state index is 0.621. The van der Waals surface area contributed by atoms with Crippen molar-refractivity contribution in [1.29, 1.82) is 0 Å². The first-order chi connectivity index (χ1) is 9.93. The Balaban J connectivity index is 2.68. The maximum absolute atomic E-state index is 5.72. The van der Waals surface area contributed by atoms with Gasteiger partial charge in [0, 0.05) is 7.05 Å². The van der Waals surface area contributed by atoms with Crippen molar-refractivity contribution in [2.24, 2.45) is 10.9 Å². The number of aromatic nitrogens is 1. The first-order valence-corrected chi connectivity index (χ1v) is 7.84. The number of pyridine rings is 1. The van der Waals surface area contributed by atoms with E-state index in [2.05, 4.69) is 39.8 Å². The predicted octanol–water partition coefficient (Wildman–Crippen LogP) is 4.12. The van der Waals surface area contributed by atoms with E-state index in [4.69, 9.17) is 9.57 Å². The number of aliphatic imine (C=N–C) groups is 1. The molecule has 0 bridgehead atoms. The van der Waals surface area contributed by atoms with E-state index >= 15 is 0 Å². The second-order valence-corrected chi connectivity index (χ2v) is 6.09. The van der Waals surface area contributed by atoms with Gasteiger partial charge in [0.1, 0.15) is 6.34 Å². The maximum atomic E-state index is 5.72. The van der Waals surface area contributed by atoms with E-state index in [0.717, 1.165) is 28.7 Å². The van der Waals surface area contributed by atoms with Crippen molar-refractivity contribution in [2.45, 2.75) is 33.6 Å². The summed E-state index contributed by atoms with van der Waals surface area (Å²) in [7, 11) is 3.36. The fraction of sp³-hybridized carbons (Fsp3) is 0.600. The van der Waals surface area contributed by atoms with Crippen molar-refractivity contribution in [3.63, 3.8) is 0 Å². The summed E-state index contributed by atoms with van der Waals surface area (Å²) < 4.78 is 6.53. The fourth-order valence-electron chi connectivity index (χ4n) is 1.63. The highest BCUT2D eigenvalue weighted by Gasteiger charge is 2.08. The molecule has 0 N–H and O–H groups in total. The molecule has 1 aromatic rings. The number of nitrogens with zero attached hydrogens (tertiary/aromatic N) is 3. The van der Waals surface area contributed by atoms with Crippen molar-refractivity contribution < 1.29 is 9.57 Å². The van der Waals surface area contributed by atoms with Gasteiger partial charge < -0.3 is 4.74 Å². The van der Waals surface area contributed by atoms with Gasteiger partial charge in [0.15, 0.2) is 0 Å². The highest BCUT2D eigenvalue weighted by atomic mass is 79.9. The molecular weight excluding hydrogens is 334 g/mol. The van der Waals surface area contributed by atoms with E-state index in [1.165, 1.54) is 5.06 Å². The van der Waals surface area contributed by atoms with Gasteiger partial charge in [-0.15, -0.1) is 0 Å². The first-order valence-electron chi connectivity index (χ1n) is 7.05. The number of aryl methyl sites for hydroxylation is 1. The van der Waals surface area contributed by atoms with E-state index < -0.39 is 0 Å². The molecule has 5 nitrogen and oxygen atoms in total. The highest BCUT2D eigenvalue weighted by molar-refractivity contribution is 9.10. The molecule has 0 aromatic carbocycles. The molecule has 0 aliphatic rings. The van der Waals surface area contributed by atoms with Crippen molar-refractivity contribution in [3.8, 4) is 5.88 Å². The molecule has 0 unspecified atom stereocenters. The van der Waals surface area contributed by atoms with Crippen molar-refractivity contribution in [2.75, 3.05) is 20.8 Å². The number of hydrogen-bond donors (Lipinski definition) is 0. The molecule has 0 saturated heterocycles. The van der Waals surface area contributed by atoms with E-state index in [9.17, 15) is 0 Å². The quantitative estimate of drug-likeness (QED) is 0.304. The molecule has 0 aliphatic carbocycles. The molecule has 0 saturated carbocycles. The lowest BCUT2D eigenvalue weighted by atomic mass is 10.1. The van der Waals surface area contributed by atoms with Crippen LogP contribution in [0.3, 0.4) is 0 Å². The third kappa shape index (κ3) is 6.44. The molecule has 0 atom stereocenters. The van der Waals surface area contributed by atoms with Gasteiger partial charge in [0.05, 0.1) is 29.6 Å². The van der Waals surface area contributed by atoms with Crippen LogP contribution in [0, 0.1) is 12.8 Å². The number of halogens is 1. The molecule has 6 heteroatoms. The second-order valence-electron chi connectivity index (χ2n) is 5.24. The molecular formula is C15H24BrN3O2. The molecule has 0 spiro atoms. The highest BCUT2D eigenvalue weighted by Crippen LogP contribution is 2.29. The fourth-order valence-corrected chi connectivity index (χ4v) is 2.05. The summed E-state index contributed by atoms with van der Waals surface area (Å²) in [5.74, 6) is 1.32. The summed E-state index contributed by atoms with van der Waals surface area (Å²) in [4.78, 5) is 13.8. The Kier molecular flexibility index (Phi) is 7.67. The van der Waals surface area contributed by atoms with Gasteiger partial charge in [-0.2, -0.15) is 0 Å². The van der Waals surface area contributed by atoms with Crippen LogP contribution in [0.4, 0.5) is 5.69 Å². The minimum Gasteiger partial charge on any atom is -0.477 e. The van der Waals surface area contributed by atoms with Gasteiger partial charge in [0.25, 0.3) is 0 Å². The van der Waals surface area contributed by atoms with E-state index in [0.29, 0.717) is 18.4 Å². The molecule has 0 fully saturated rings. The molecule has 21 heavy (non-hydrogen) atoms. The number of rotatable bonds is 8. The molecule has 1 heterocycles. The first kappa shape index (κ1) is 17.9. The van der Waals surface area contributed by atoms with E-state index in [-0.39, 0.29) is 0 Å². The number of hydrogen-bond acceptors (Lipinski definition) is 4. The summed E-state index contributed by atoms with van der Waals surface area (Å²) in [6, 6.07) is 1.90. The van der Waals surface area contributed by atoms with Gasteiger partial charge in [-0.25, -0.2) is 15.0 Å². The monoisotopic (exact) mass is 357 g/mol. The van der Waals surface area contributed by atoms with Crippen molar-refractivity contribution in [1.82, 2.24) is 10.0 Å². The Bertz CT molecular complexity index is 478. The summed E-state index contributed by atoms with van der Waals surface area (Å²) in [6.07, 6.45) is 3.78. The Morgan fingerprint density at radius 1 is 1.48 bits per heavy atom. The SMILES string of the molecule is CON(C)/C=N/c1cc(Br)c(OCCCC(C)C)nc1C. The molecule has 1 rings (SSSR count). The second kappa shape index (κ2) is 9.00. The lowest BCUT2D eigenvalue weighted by Gasteiger charge is -2.11. The van der Waals surface area contributed by atoms with Crippen LogP contribution in [-0.4, -0.2) is 37.2 Å². The van der Waals surface area contributed by atoms with Crippen LogP contribution in [0.2, 0.25) is 0 Å². The van der Waals surface area contributed by atoms with Gasteiger partial charge in [-0.1, -0.05) is 13.8 Å². The Morgan fingerprint density at radius 2 is 2.19 bits per heavy atom. The molecule has 0 aliphatic heterocycles. The van der Waals surface area contributed by atoms with Gasteiger partial charge >= 0.3 is 0 Å². The van der Waals surface area contributed by atoms with Crippen LogP contribution in [0.15, 0.2) is 15.5 Å². The molecule has 0 amide bonds. The average molecular weight is 358 g/mol. The smallest absolute Gasteiger partial charge is 0.228 e. The van der Waals surface area contributed by atoms with Crippen LogP contribution in [0.5, 0.6) is 5.88 Å². The van der Waals surface area contributed by atoms with E-state index in [1.54, 1.807) is 20.5 Å². The Labute approximate surface area is 135 Å². The van der Waals surface area contributed by atoms with Crippen LogP contribution >= 0.6 is 15.9 Å². The Hall–Kier alpha value is -1.14. The van der Waals surface area contributed by atoms with Crippen LogP contribution in [-0.2, 0) is 4.84 Å². The van der Waals surface area contributed by atoms with Gasteiger partial charge in [-0.05, 0) is 47.7 Å². The van der Waals surface area contributed by atoms with Crippen LogP contribution in [0.1, 0.15) is 32.4 Å². The number of ether oxygens (including phenoxy) is 1. The molecule has 118 valence electrons. The van der Waals surface area contributed by atoms with Gasteiger partial charge in [0.2, 0.25) is 5.88 Å². The zero-order valence-electron chi connectivity index (χ0n) is 13.4. The third-order valence-corrected chi connectivity index (χ3v) is 3.49. The van der Waals surface area contributed by atoms with Crippen LogP contribution in [0.25, 0.3) is 0 Å². The minimum atomic E-state index is 0.621. The maximum Gasteiger partial charge on any atom is 0.228 e. The standard InChI is InChI=1S/C15H24BrN3O2/c1-11(2)7-6-8-21-15-13(16)9-14(12(3)18-15)17-10-19(4)20-5/h9-11H,6-8H2,1-5H3/b17-10+. The third-order valence-electron chi connectivity index (χ3n) is 2.92. The average Bonchev–Trinajstić information content (AvgIpc) is 2.44. The molecule has 0 radical (unpaired) electrons. The lowest BCUT2D eigenvalue weighted by Crippen LogP contribution is -2.13. The molecule has 1 aromatic heterocycles. The zero-order chi connectivity index (χ0) is 15.8. The summed E-state index contributed by atoms with van der Waals surface area (Å²) >= 11 is 3.48. The van der Waals surface area contributed by atoms with Crippen molar-refractivity contribution in [3.05, 3.63) is 16.2 Å². The van der Waals surface area contributed by atoms with Gasteiger partial charge in [-0.3, -0.25) is 4.84 Å².